The van der Waals surface area contributed by atoms with Gasteiger partial charge in [0, 0.05) is 12.6 Å². The molecule has 0 aliphatic rings. The van der Waals surface area contributed by atoms with E-state index in [1.807, 2.05) is 13.8 Å². The molecule has 0 aromatic carbocycles. The summed E-state index contributed by atoms with van der Waals surface area (Å²) >= 11 is 0. The molecule has 0 radical (unpaired) electrons. The first-order valence-electron chi connectivity index (χ1n) is 5.87. The highest BCUT2D eigenvalue weighted by molar-refractivity contribution is 5.43. The molecule has 0 spiro atoms. The highest BCUT2D eigenvalue weighted by Gasteiger charge is 2.21. The lowest BCUT2D eigenvalue weighted by Gasteiger charge is -2.25. The Morgan fingerprint density at radius 3 is 2.67 bits per heavy atom. The van der Waals surface area contributed by atoms with Crippen LogP contribution in [-0.4, -0.2) is 27.2 Å². The van der Waals surface area contributed by atoms with E-state index in [1.54, 1.807) is 13.0 Å². The molecule has 6 nitrogen and oxygen atoms in total. The van der Waals surface area contributed by atoms with Gasteiger partial charge in [0.1, 0.15) is 0 Å². The number of nitrogens with one attached hydrogen (secondary N) is 1. The number of hydrogen-bond donors (Lipinski definition) is 2. The molecule has 0 amide bonds. The molecule has 100 valence electrons. The average Bonchev–Trinajstić information content (AvgIpc) is 2.25. The minimum atomic E-state index is -0.810. The third-order valence-corrected chi connectivity index (χ3v) is 2.46. The standard InChI is InChI=1S/C12H19N3O3/c1-9(2)6-12(3,16)8-14-10-4-5-11(13-7-10)15(17)18/h4-5,7,9,14,16H,6,8H2,1-3H3. The molecule has 0 saturated heterocycles. The van der Waals surface area contributed by atoms with E-state index >= 15 is 0 Å². The molecule has 18 heavy (non-hydrogen) atoms. The number of nitro groups is 1. The molecule has 0 bridgehead atoms. The predicted molar refractivity (Wildman–Crippen MR) is 69.5 cm³/mol. The molecule has 0 saturated carbocycles. The van der Waals surface area contributed by atoms with E-state index in [0.29, 0.717) is 24.6 Å². The van der Waals surface area contributed by atoms with Crippen molar-refractivity contribution >= 4 is 11.5 Å². The van der Waals surface area contributed by atoms with Crippen LogP contribution in [-0.2, 0) is 0 Å². The number of aromatic nitrogens is 1. The Bertz CT molecular complexity index is 402. The van der Waals surface area contributed by atoms with Gasteiger partial charge < -0.3 is 20.5 Å². The molecule has 1 atom stereocenters. The second kappa shape index (κ2) is 5.77. The highest BCUT2D eigenvalue weighted by atomic mass is 16.6. The summed E-state index contributed by atoms with van der Waals surface area (Å²) in [5.41, 5.74) is -0.153. The Hall–Kier alpha value is -1.69. The van der Waals surface area contributed by atoms with Gasteiger partial charge in [-0.3, -0.25) is 0 Å². The largest absolute Gasteiger partial charge is 0.388 e. The van der Waals surface area contributed by atoms with Crippen molar-refractivity contribution in [2.24, 2.45) is 5.92 Å². The fraction of sp³-hybridized carbons (Fsp3) is 0.583. The first-order valence-corrected chi connectivity index (χ1v) is 5.87. The number of pyridine rings is 1. The van der Waals surface area contributed by atoms with Gasteiger partial charge in [0.05, 0.1) is 11.3 Å². The number of hydrogen-bond acceptors (Lipinski definition) is 5. The van der Waals surface area contributed by atoms with E-state index in [-0.39, 0.29) is 5.82 Å². The number of rotatable bonds is 6. The third-order valence-electron chi connectivity index (χ3n) is 2.46. The van der Waals surface area contributed by atoms with Crippen LogP contribution < -0.4 is 5.32 Å². The zero-order chi connectivity index (χ0) is 13.8. The minimum absolute atomic E-state index is 0.186. The van der Waals surface area contributed by atoms with Gasteiger partial charge in [-0.2, -0.15) is 0 Å². The normalized spacial score (nSPS) is 14.3. The smallest absolute Gasteiger partial charge is 0.363 e. The van der Waals surface area contributed by atoms with Gasteiger partial charge in [-0.1, -0.05) is 13.8 Å². The van der Waals surface area contributed by atoms with E-state index in [1.165, 1.54) is 12.3 Å². The Morgan fingerprint density at radius 2 is 2.22 bits per heavy atom. The second-order valence-electron chi connectivity index (χ2n) is 5.11. The Labute approximate surface area is 106 Å². The monoisotopic (exact) mass is 253 g/mol. The molecule has 1 unspecified atom stereocenters. The highest BCUT2D eigenvalue weighted by Crippen LogP contribution is 2.18. The number of nitrogens with zero attached hydrogens (tertiary/aromatic N) is 2. The topological polar surface area (TPSA) is 88.3 Å². The maximum Gasteiger partial charge on any atom is 0.363 e. The van der Waals surface area contributed by atoms with Crippen molar-refractivity contribution in [3.63, 3.8) is 0 Å². The van der Waals surface area contributed by atoms with Crippen LogP contribution in [0.2, 0.25) is 0 Å². The summed E-state index contributed by atoms with van der Waals surface area (Å²) in [6.07, 6.45) is 2.07. The van der Waals surface area contributed by atoms with Gasteiger partial charge in [0.15, 0.2) is 6.20 Å². The summed E-state index contributed by atoms with van der Waals surface area (Å²) in [5, 5.41) is 23.6. The van der Waals surface area contributed by atoms with E-state index in [2.05, 4.69) is 10.3 Å². The number of anilines is 1. The van der Waals surface area contributed by atoms with Gasteiger partial charge in [0.2, 0.25) is 0 Å². The van der Waals surface area contributed by atoms with Gasteiger partial charge >= 0.3 is 5.82 Å². The van der Waals surface area contributed by atoms with Crippen molar-refractivity contribution in [1.82, 2.24) is 4.98 Å². The van der Waals surface area contributed by atoms with Crippen molar-refractivity contribution in [2.75, 3.05) is 11.9 Å². The molecule has 6 heteroatoms. The van der Waals surface area contributed by atoms with Crippen LogP contribution in [0.15, 0.2) is 18.3 Å². The van der Waals surface area contributed by atoms with Crippen molar-refractivity contribution in [2.45, 2.75) is 32.8 Å². The van der Waals surface area contributed by atoms with Crippen LogP contribution in [0.25, 0.3) is 0 Å². The molecular formula is C12H19N3O3. The maximum atomic E-state index is 10.4. The van der Waals surface area contributed by atoms with Gasteiger partial charge in [-0.15, -0.1) is 0 Å². The van der Waals surface area contributed by atoms with E-state index < -0.39 is 10.5 Å². The fourth-order valence-electron chi connectivity index (χ4n) is 1.84. The Balaban J connectivity index is 2.55. The van der Waals surface area contributed by atoms with Crippen LogP contribution in [0, 0.1) is 16.0 Å². The molecule has 1 heterocycles. The summed E-state index contributed by atoms with van der Waals surface area (Å²) in [6.45, 7) is 6.23. The lowest BCUT2D eigenvalue weighted by atomic mass is 9.94. The maximum absolute atomic E-state index is 10.4. The summed E-state index contributed by atoms with van der Waals surface area (Å²) in [4.78, 5) is 13.6. The van der Waals surface area contributed by atoms with Crippen molar-refractivity contribution < 1.29 is 10.0 Å². The van der Waals surface area contributed by atoms with Crippen molar-refractivity contribution in [1.29, 1.82) is 0 Å². The zero-order valence-corrected chi connectivity index (χ0v) is 10.9. The number of aliphatic hydroxyl groups is 1. The second-order valence-corrected chi connectivity index (χ2v) is 5.11. The van der Waals surface area contributed by atoms with E-state index in [0.717, 1.165) is 0 Å². The third kappa shape index (κ3) is 4.67. The lowest BCUT2D eigenvalue weighted by molar-refractivity contribution is -0.389. The van der Waals surface area contributed by atoms with E-state index in [9.17, 15) is 15.2 Å². The van der Waals surface area contributed by atoms with Crippen LogP contribution >= 0.6 is 0 Å². The first-order chi connectivity index (χ1) is 8.30. The summed E-state index contributed by atoms with van der Waals surface area (Å²) in [6, 6.07) is 2.91. The van der Waals surface area contributed by atoms with Gasteiger partial charge in [-0.25, -0.2) is 0 Å². The molecule has 1 aromatic rings. The molecule has 1 aromatic heterocycles. The zero-order valence-electron chi connectivity index (χ0n) is 10.9. The van der Waals surface area contributed by atoms with Crippen LogP contribution in [0.5, 0.6) is 0 Å². The SMILES string of the molecule is CC(C)CC(C)(O)CNc1ccc([N+](=O)[O-])nc1. The van der Waals surface area contributed by atoms with Crippen LogP contribution in [0.3, 0.4) is 0 Å². The van der Waals surface area contributed by atoms with Crippen molar-refractivity contribution in [3.8, 4) is 0 Å². The minimum Gasteiger partial charge on any atom is -0.388 e. The summed E-state index contributed by atoms with van der Waals surface area (Å²) < 4.78 is 0. The first kappa shape index (κ1) is 14.4. The van der Waals surface area contributed by atoms with Gasteiger partial charge in [-0.05, 0) is 35.2 Å². The quantitative estimate of drug-likeness (QED) is 0.599. The Kier molecular flexibility index (Phi) is 4.61. The molecule has 1 rings (SSSR count). The molecule has 2 N–H and O–H groups in total. The molecule has 0 fully saturated rings. The van der Waals surface area contributed by atoms with E-state index in [4.69, 9.17) is 0 Å². The van der Waals surface area contributed by atoms with Gasteiger partial charge in [0.25, 0.3) is 0 Å². The lowest BCUT2D eigenvalue weighted by Crippen LogP contribution is -2.34. The fourth-order valence-corrected chi connectivity index (χ4v) is 1.84. The van der Waals surface area contributed by atoms with Crippen LogP contribution in [0.4, 0.5) is 11.5 Å². The molecular weight excluding hydrogens is 234 g/mol. The average molecular weight is 253 g/mol. The molecule has 0 aliphatic carbocycles. The van der Waals surface area contributed by atoms with Crippen LogP contribution in [0.1, 0.15) is 27.2 Å². The van der Waals surface area contributed by atoms with Crippen molar-refractivity contribution in [3.05, 3.63) is 28.4 Å². The summed E-state index contributed by atoms with van der Waals surface area (Å²) in [7, 11) is 0. The summed E-state index contributed by atoms with van der Waals surface area (Å²) in [5.74, 6) is 0.214. The Morgan fingerprint density at radius 1 is 1.56 bits per heavy atom. The molecule has 0 aliphatic heterocycles. The predicted octanol–water partition coefficient (Wildman–Crippen LogP) is 2.20.